The summed E-state index contributed by atoms with van der Waals surface area (Å²) < 4.78 is 51.8. The Labute approximate surface area is 259 Å². The number of rotatable bonds is 6. The first-order valence-electron chi connectivity index (χ1n) is 15.5. The van der Waals surface area contributed by atoms with Crippen molar-refractivity contribution < 1.29 is 23.0 Å². The molecule has 2 aromatic carbocycles. The maximum absolute atomic E-state index is 17.0. The van der Waals surface area contributed by atoms with Gasteiger partial charge in [-0.2, -0.15) is 9.97 Å². The Hall–Kier alpha value is -4.14. The van der Waals surface area contributed by atoms with Crippen molar-refractivity contribution in [2.24, 2.45) is 0 Å². The van der Waals surface area contributed by atoms with E-state index in [0.717, 1.165) is 12.8 Å². The van der Waals surface area contributed by atoms with Gasteiger partial charge in [-0.1, -0.05) is 25.0 Å². The first kappa shape index (κ1) is 29.6. The largest absolute Gasteiger partial charge is 0.507 e. The summed E-state index contributed by atoms with van der Waals surface area (Å²) in [6, 6.07) is 6.26. The number of likely N-dealkylation sites (N-methyl/N-ethyl adjacent to an activating group) is 1. The van der Waals surface area contributed by atoms with Crippen LogP contribution in [-0.2, 0) is 6.42 Å². The Morgan fingerprint density at radius 2 is 1.80 bits per heavy atom. The third kappa shape index (κ3) is 5.20. The number of benzene rings is 2. The second-order valence-electron chi connectivity index (χ2n) is 12.3. The molecule has 234 valence electrons. The summed E-state index contributed by atoms with van der Waals surface area (Å²) in [6.07, 6.45) is 1.87. The van der Waals surface area contributed by atoms with E-state index in [2.05, 4.69) is 27.0 Å². The molecule has 3 fully saturated rings. The van der Waals surface area contributed by atoms with Crippen molar-refractivity contribution in [3.8, 4) is 34.9 Å². The molecule has 0 spiro atoms. The molecular weight excluding hydrogens is 581 g/mol. The van der Waals surface area contributed by atoms with E-state index in [9.17, 15) is 13.9 Å². The molecule has 3 aliphatic heterocycles. The molecule has 0 saturated carbocycles. The molecule has 0 radical (unpaired) electrons. The molecular formula is C34H35F3N6O2. The van der Waals surface area contributed by atoms with Crippen LogP contribution in [0.1, 0.15) is 44.4 Å². The lowest BCUT2D eigenvalue weighted by Crippen LogP contribution is -2.51. The predicted molar refractivity (Wildman–Crippen MR) is 167 cm³/mol. The monoisotopic (exact) mass is 616 g/mol. The van der Waals surface area contributed by atoms with Gasteiger partial charge in [0.1, 0.15) is 47.1 Å². The number of nitrogens with zero attached hydrogens (tertiary/aromatic N) is 5. The summed E-state index contributed by atoms with van der Waals surface area (Å²) in [5.74, 6) is 5.05. The van der Waals surface area contributed by atoms with Gasteiger partial charge in [0.2, 0.25) is 0 Å². The van der Waals surface area contributed by atoms with Crippen LogP contribution in [-0.4, -0.2) is 82.5 Å². The fourth-order valence-corrected chi connectivity index (χ4v) is 7.19. The predicted octanol–water partition coefficient (Wildman–Crippen LogP) is 5.12. The van der Waals surface area contributed by atoms with Gasteiger partial charge in [0.15, 0.2) is 5.82 Å². The topological polar surface area (TPSA) is 86.6 Å². The number of hydrogen-bond donors (Lipinski definition) is 2. The van der Waals surface area contributed by atoms with Gasteiger partial charge in [-0.05, 0) is 74.0 Å². The van der Waals surface area contributed by atoms with Crippen molar-refractivity contribution in [2.45, 2.75) is 63.8 Å². The van der Waals surface area contributed by atoms with Crippen LogP contribution >= 0.6 is 0 Å². The number of hydrogen-bond acceptors (Lipinski definition) is 8. The van der Waals surface area contributed by atoms with E-state index >= 15 is 4.39 Å². The van der Waals surface area contributed by atoms with E-state index < -0.39 is 12.0 Å². The Morgan fingerprint density at radius 3 is 2.49 bits per heavy atom. The summed E-state index contributed by atoms with van der Waals surface area (Å²) in [7, 11) is 1.84. The van der Waals surface area contributed by atoms with E-state index in [1.165, 1.54) is 18.2 Å². The molecule has 5 heterocycles. The Balaban J connectivity index is 1.45. The van der Waals surface area contributed by atoms with Crippen LogP contribution in [0.5, 0.6) is 11.8 Å². The number of phenolic OH excluding ortho intramolecular Hbond substituents is 1. The number of ether oxygens (including phenoxy) is 1. The number of halogens is 3. The average molecular weight is 617 g/mol. The molecule has 0 aliphatic carbocycles. The highest BCUT2D eigenvalue weighted by Crippen LogP contribution is 2.42. The van der Waals surface area contributed by atoms with Gasteiger partial charge in [-0.3, -0.25) is 4.90 Å². The summed E-state index contributed by atoms with van der Waals surface area (Å²) in [6.45, 7) is 5.30. The number of nitrogens with one attached hydrogen (secondary N) is 1. The number of fused-ring (bicyclic) bond motifs is 4. The number of aromatic nitrogens is 3. The Bertz CT molecular complexity index is 1860. The molecule has 4 aromatic rings. The minimum absolute atomic E-state index is 0.0250. The van der Waals surface area contributed by atoms with Crippen molar-refractivity contribution in [3.05, 3.63) is 47.2 Å². The standard InChI is InChI=1S/C34H35F3N6O2/c1-4-6-26-29-32(30(37)31(39-26)28-24-9-11-25(36)22(5-2)23(24)10-12-27(28)44)40-34(45-17-21-13-18(35)14-42(21)3)41-33(29)43-15-19-7-8-20(16-43)38-19/h9-12,18-21,38,44H,5,7-8,13-17H2,1-3H3/t18-,19-,20+,21+/m1/s1. The van der Waals surface area contributed by atoms with E-state index in [-0.39, 0.29) is 64.8 Å². The van der Waals surface area contributed by atoms with Crippen LogP contribution < -0.4 is 15.0 Å². The fourth-order valence-electron chi connectivity index (χ4n) is 7.19. The molecule has 7 rings (SSSR count). The molecule has 0 unspecified atom stereocenters. The van der Waals surface area contributed by atoms with Crippen LogP contribution in [0.2, 0.25) is 0 Å². The van der Waals surface area contributed by atoms with Crippen molar-refractivity contribution >= 4 is 27.5 Å². The van der Waals surface area contributed by atoms with Crippen LogP contribution in [0.25, 0.3) is 32.9 Å². The lowest BCUT2D eigenvalue weighted by Gasteiger charge is -2.34. The van der Waals surface area contributed by atoms with Gasteiger partial charge in [0.25, 0.3) is 0 Å². The second kappa shape index (κ2) is 11.7. The van der Waals surface area contributed by atoms with Crippen molar-refractivity contribution in [2.75, 3.05) is 38.2 Å². The molecule has 3 saturated heterocycles. The molecule has 0 amide bonds. The van der Waals surface area contributed by atoms with Gasteiger partial charge in [0, 0.05) is 37.8 Å². The van der Waals surface area contributed by atoms with E-state index in [1.54, 1.807) is 13.0 Å². The number of aryl methyl sites for hydroxylation is 1. The number of alkyl halides is 1. The summed E-state index contributed by atoms with van der Waals surface area (Å²) >= 11 is 0. The maximum Gasteiger partial charge on any atom is 0.319 e. The third-order valence-electron chi connectivity index (χ3n) is 9.37. The van der Waals surface area contributed by atoms with E-state index in [1.807, 2.05) is 18.9 Å². The first-order chi connectivity index (χ1) is 21.7. The number of likely N-dealkylation sites (tertiary alicyclic amines) is 1. The second-order valence-corrected chi connectivity index (χ2v) is 12.3. The summed E-state index contributed by atoms with van der Waals surface area (Å²) in [5.41, 5.74) is 0.667. The van der Waals surface area contributed by atoms with Crippen LogP contribution in [0.4, 0.5) is 19.0 Å². The number of pyridine rings is 1. The number of piperazine rings is 1. The maximum atomic E-state index is 17.0. The van der Waals surface area contributed by atoms with Crippen LogP contribution in [0, 0.1) is 23.5 Å². The van der Waals surface area contributed by atoms with Crippen LogP contribution in [0.15, 0.2) is 24.3 Å². The van der Waals surface area contributed by atoms with Gasteiger partial charge in [-0.15, -0.1) is 0 Å². The lowest BCUT2D eigenvalue weighted by molar-refractivity contribution is 0.188. The normalized spacial score (nSPS) is 23.1. The Morgan fingerprint density at radius 1 is 1.04 bits per heavy atom. The summed E-state index contributed by atoms with van der Waals surface area (Å²) in [5, 5.41) is 16.1. The van der Waals surface area contributed by atoms with Crippen molar-refractivity contribution in [1.29, 1.82) is 0 Å². The highest BCUT2D eigenvalue weighted by Gasteiger charge is 2.36. The summed E-state index contributed by atoms with van der Waals surface area (Å²) in [4.78, 5) is 18.1. The molecule has 4 atom stereocenters. The highest BCUT2D eigenvalue weighted by molar-refractivity contribution is 6.03. The smallest absolute Gasteiger partial charge is 0.319 e. The lowest BCUT2D eigenvalue weighted by atomic mass is 9.95. The zero-order chi connectivity index (χ0) is 31.4. The number of aromatic hydroxyl groups is 1. The minimum Gasteiger partial charge on any atom is -0.507 e. The van der Waals surface area contributed by atoms with E-state index in [0.29, 0.717) is 60.0 Å². The van der Waals surface area contributed by atoms with Crippen molar-refractivity contribution in [1.82, 2.24) is 25.2 Å². The Kier molecular flexibility index (Phi) is 7.66. The average Bonchev–Trinajstić information content (AvgIpc) is 3.54. The van der Waals surface area contributed by atoms with E-state index in [4.69, 9.17) is 14.7 Å². The molecule has 3 aliphatic rings. The van der Waals surface area contributed by atoms with Crippen molar-refractivity contribution in [3.63, 3.8) is 0 Å². The zero-order valence-corrected chi connectivity index (χ0v) is 25.5. The van der Waals surface area contributed by atoms with Crippen LogP contribution in [0.3, 0.4) is 0 Å². The third-order valence-corrected chi connectivity index (χ3v) is 9.37. The minimum atomic E-state index is -0.940. The molecule has 2 aromatic heterocycles. The highest BCUT2D eigenvalue weighted by atomic mass is 19.1. The van der Waals surface area contributed by atoms with Gasteiger partial charge < -0.3 is 20.1 Å². The molecule has 8 nitrogen and oxygen atoms in total. The molecule has 45 heavy (non-hydrogen) atoms. The molecule has 2 N–H and O–H groups in total. The van der Waals surface area contributed by atoms with Gasteiger partial charge in [-0.25, -0.2) is 18.2 Å². The van der Waals surface area contributed by atoms with Gasteiger partial charge in [0.05, 0.1) is 10.9 Å². The first-order valence-corrected chi connectivity index (χ1v) is 15.5. The quantitative estimate of drug-likeness (QED) is 0.289. The number of anilines is 1. The SMILES string of the molecule is CC#Cc1nc(-c2c(O)ccc3c(CC)c(F)ccc23)c(F)c2nc(OC[C@@H]3C[C@@H](F)CN3C)nc(N3C[C@H]4CC[C@@H](C3)N4)c12. The van der Waals surface area contributed by atoms with Gasteiger partial charge >= 0.3 is 6.01 Å². The zero-order valence-electron chi connectivity index (χ0n) is 25.5. The number of phenols is 1. The molecule has 11 heteroatoms. The fraction of sp³-hybridized carbons (Fsp3) is 0.441. The molecule has 2 bridgehead atoms.